The van der Waals surface area contributed by atoms with Crippen LogP contribution in [-0.4, -0.2) is 49.6 Å². The molecule has 0 radical (unpaired) electrons. The molecule has 0 aromatic heterocycles. The summed E-state index contributed by atoms with van der Waals surface area (Å²) < 4.78 is 11.5. The van der Waals surface area contributed by atoms with Crippen LogP contribution in [0.1, 0.15) is 39.7 Å². The van der Waals surface area contributed by atoms with Gasteiger partial charge in [-0.15, -0.1) is 37.2 Å². The zero-order valence-corrected chi connectivity index (χ0v) is 22.7. The summed E-state index contributed by atoms with van der Waals surface area (Å²) in [5.74, 6) is 2.97. The number of allylic oxidation sites excluding steroid dienone is 5. The number of piperazine rings is 1. The number of benzene rings is 1. The lowest BCUT2D eigenvalue weighted by Gasteiger charge is -2.39. The minimum atomic E-state index is -0.0357. The predicted octanol–water partition coefficient (Wildman–Crippen LogP) is 5.30. The molecule has 4 rings (SSSR count). The first-order valence-electron chi connectivity index (χ1n) is 10.9. The predicted molar refractivity (Wildman–Crippen MR) is 143 cm³/mol. The van der Waals surface area contributed by atoms with Gasteiger partial charge in [-0.05, 0) is 38.8 Å². The standard InChI is InChI=1S/C25H35N3O2.3ClH/c1-17-18(2)30-19(3)21-14-25(4,24(26)23(17)21)16-28-12-10-27(11-13-28)15-20-8-6-7-9-22(20)29-5;;;/h6-9H,10-16,26H2,1-5H3;3*1H. The topological polar surface area (TPSA) is 51.0 Å². The molecule has 1 atom stereocenters. The number of fused-ring (bicyclic) bond motifs is 1. The summed E-state index contributed by atoms with van der Waals surface area (Å²) in [6.45, 7) is 14.7. The van der Waals surface area contributed by atoms with Crippen molar-refractivity contribution in [2.75, 3.05) is 39.8 Å². The van der Waals surface area contributed by atoms with Gasteiger partial charge in [-0.25, -0.2) is 0 Å². The molecule has 3 aliphatic rings. The number of rotatable bonds is 5. The summed E-state index contributed by atoms with van der Waals surface area (Å²) in [4.78, 5) is 5.09. The van der Waals surface area contributed by atoms with Crippen LogP contribution in [0.3, 0.4) is 0 Å². The highest BCUT2D eigenvalue weighted by Crippen LogP contribution is 2.50. The van der Waals surface area contributed by atoms with E-state index in [1.54, 1.807) is 7.11 Å². The molecule has 1 saturated heterocycles. The number of ether oxygens (including phenoxy) is 2. The third-order valence-electron chi connectivity index (χ3n) is 7.05. The first kappa shape index (κ1) is 29.7. The Hall–Kier alpha value is -1.37. The lowest BCUT2D eigenvalue weighted by Crippen LogP contribution is -2.49. The molecule has 1 aromatic carbocycles. The zero-order chi connectivity index (χ0) is 21.5. The van der Waals surface area contributed by atoms with E-state index in [0.29, 0.717) is 0 Å². The van der Waals surface area contributed by atoms with Crippen LogP contribution in [0.2, 0.25) is 0 Å². The number of hydrogen-bond donors (Lipinski definition) is 1. The Bertz CT molecular complexity index is 937. The molecule has 1 aromatic rings. The molecule has 0 saturated carbocycles. The summed E-state index contributed by atoms with van der Waals surface area (Å²) in [6.07, 6.45) is 0.964. The van der Waals surface area contributed by atoms with Gasteiger partial charge in [-0.2, -0.15) is 0 Å². The van der Waals surface area contributed by atoms with Gasteiger partial charge in [0.2, 0.25) is 0 Å². The van der Waals surface area contributed by atoms with Gasteiger partial charge in [0.25, 0.3) is 0 Å². The minimum absolute atomic E-state index is 0. The van der Waals surface area contributed by atoms with Gasteiger partial charge in [-0.3, -0.25) is 9.80 Å². The van der Waals surface area contributed by atoms with Crippen molar-refractivity contribution in [3.63, 3.8) is 0 Å². The third-order valence-corrected chi connectivity index (χ3v) is 7.05. The fourth-order valence-corrected chi connectivity index (χ4v) is 5.13. The van der Waals surface area contributed by atoms with Crippen LogP contribution in [0.4, 0.5) is 0 Å². The van der Waals surface area contributed by atoms with E-state index in [9.17, 15) is 0 Å². The summed E-state index contributed by atoms with van der Waals surface area (Å²) >= 11 is 0. The van der Waals surface area contributed by atoms with Gasteiger partial charge < -0.3 is 15.2 Å². The highest BCUT2D eigenvalue weighted by molar-refractivity contribution is 5.86. The molecule has 1 aliphatic carbocycles. The second kappa shape index (κ2) is 11.9. The molecular formula is C25H38Cl3N3O2. The molecule has 2 heterocycles. The summed E-state index contributed by atoms with van der Waals surface area (Å²) in [5.41, 5.74) is 12.8. The minimum Gasteiger partial charge on any atom is -0.496 e. The van der Waals surface area contributed by atoms with E-state index in [-0.39, 0.29) is 42.6 Å². The maximum absolute atomic E-state index is 6.77. The molecule has 2 N–H and O–H groups in total. The Morgan fingerprint density at radius 3 is 2.21 bits per heavy atom. The summed E-state index contributed by atoms with van der Waals surface area (Å²) in [7, 11) is 1.75. The molecule has 1 fully saturated rings. The Balaban J connectivity index is 0.00000181. The van der Waals surface area contributed by atoms with Crippen molar-refractivity contribution in [3.05, 3.63) is 63.8 Å². The van der Waals surface area contributed by atoms with Crippen molar-refractivity contribution in [2.45, 2.75) is 40.7 Å². The van der Waals surface area contributed by atoms with Crippen LogP contribution in [0, 0.1) is 5.41 Å². The molecule has 5 nitrogen and oxygen atoms in total. The van der Waals surface area contributed by atoms with Crippen LogP contribution in [-0.2, 0) is 11.3 Å². The molecule has 8 heteroatoms. The quantitative estimate of drug-likeness (QED) is 0.573. The second-order valence-corrected chi connectivity index (χ2v) is 9.21. The third kappa shape index (κ3) is 5.83. The molecule has 2 aliphatic heterocycles. The first-order chi connectivity index (χ1) is 14.3. The lowest BCUT2D eigenvalue weighted by atomic mass is 9.85. The maximum atomic E-state index is 6.77. The van der Waals surface area contributed by atoms with Crippen molar-refractivity contribution >= 4 is 37.2 Å². The smallest absolute Gasteiger partial charge is 0.123 e. The highest BCUT2D eigenvalue weighted by atomic mass is 35.5. The molecule has 33 heavy (non-hydrogen) atoms. The van der Waals surface area contributed by atoms with Crippen LogP contribution in [0.15, 0.2) is 58.2 Å². The summed E-state index contributed by atoms with van der Waals surface area (Å²) in [5, 5.41) is 0. The maximum Gasteiger partial charge on any atom is 0.123 e. The van der Waals surface area contributed by atoms with E-state index in [0.717, 1.165) is 68.7 Å². The molecule has 0 bridgehead atoms. The Kier molecular flexibility index (Phi) is 10.7. The number of halogens is 3. The lowest BCUT2D eigenvalue weighted by molar-refractivity contribution is 0.0985. The Morgan fingerprint density at radius 2 is 1.58 bits per heavy atom. The Morgan fingerprint density at radius 1 is 0.970 bits per heavy atom. The number of nitrogens with zero attached hydrogens (tertiary/aromatic N) is 2. The van der Waals surface area contributed by atoms with E-state index in [4.69, 9.17) is 15.2 Å². The monoisotopic (exact) mass is 517 g/mol. The average molecular weight is 519 g/mol. The highest BCUT2D eigenvalue weighted by Gasteiger charge is 2.43. The van der Waals surface area contributed by atoms with E-state index in [1.807, 2.05) is 19.1 Å². The molecule has 1 unspecified atom stereocenters. The number of methoxy groups -OCH3 is 1. The molecular weight excluding hydrogens is 481 g/mol. The van der Waals surface area contributed by atoms with Gasteiger partial charge in [0.1, 0.15) is 17.3 Å². The molecule has 0 amide bonds. The van der Waals surface area contributed by atoms with Gasteiger partial charge in [0.05, 0.1) is 7.11 Å². The molecule has 186 valence electrons. The van der Waals surface area contributed by atoms with Crippen molar-refractivity contribution in [1.29, 1.82) is 0 Å². The van der Waals surface area contributed by atoms with Gasteiger partial charge in [-0.1, -0.05) is 25.1 Å². The normalized spacial score (nSPS) is 23.3. The van der Waals surface area contributed by atoms with E-state index in [2.05, 4.69) is 42.7 Å². The number of hydrogen-bond acceptors (Lipinski definition) is 5. The first-order valence-corrected chi connectivity index (χ1v) is 10.9. The van der Waals surface area contributed by atoms with Crippen LogP contribution >= 0.6 is 37.2 Å². The zero-order valence-electron chi connectivity index (χ0n) is 20.3. The van der Waals surface area contributed by atoms with Crippen LogP contribution in [0.5, 0.6) is 5.75 Å². The van der Waals surface area contributed by atoms with Crippen molar-refractivity contribution in [3.8, 4) is 5.75 Å². The van der Waals surface area contributed by atoms with Gasteiger partial charge >= 0.3 is 0 Å². The van der Waals surface area contributed by atoms with E-state index < -0.39 is 0 Å². The van der Waals surface area contributed by atoms with Crippen molar-refractivity contribution in [2.24, 2.45) is 11.1 Å². The van der Waals surface area contributed by atoms with E-state index >= 15 is 0 Å². The van der Waals surface area contributed by atoms with Gasteiger partial charge in [0, 0.05) is 67.1 Å². The Labute approximate surface area is 217 Å². The summed E-state index contributed by atoms with van der Waals surface area (Å²) in [6, 6.07) is 8.32. The SMILES string of the molecule is COc1ccccc1CN1CCN(CC2(C)CC3=C(C)OC(C)=C(C)C3=C2N)CC1.Cl.Cl.Cl. The van der Waals surface area contributed by atoms with Crippen LogP contribution in [0.25, 0.3) is 0 Å². The van der Waals surface area contributed by atoms with Crippen LogP contribution < -0.4 is 10.5 Å². The fraction of sp³-hybridized carbons (Fsp3) is 0.520. The fourth-order valence-electron chi connectivity index (χ4n) is 5.13. The van der Waals surface area contributed by atoms with Crippen molar-refractivity contribution < 1.29 is 9.47 Å². The number of para-hydroxylation sites is 1. The molecule has 0 spiro atoms. The number of nitrogens with two attached hydrogens (primary N) is 1. The second-order valence-electron chi connectivity index (χ2n) is 9.21. The average Bonchev–Trinajstić information content (AvgIpc) is 3.00. The van der Waals surface area contributed by atoms with Crippen molar-refractivity contribution in [1.82, 2.24) is 9.80 Å². The largest absolute Gasteiger partial charge is 0.496 e. The van der Waals surface area contributed by atoms with E-state index in [1.165, 1.54) is 22.3 Å². The van der Waals surface area contributed by atoms with Gasteiger partial charge in [0.15, 0.2) is 0 Å².